The van der Waals surface area contributed by atoms with Gasteiger partial charge in [-0.25, -0.2) is 4.79 Å². The van der Waals surface area contributed by atoms with E-state index in [4.69, 9.17) is 21.4 Å². The Hall–Kier alpha value is -1.11. The van der Waals surface area contributed by atoms with Crippen LogP contribution in [0.5, 0.6) is 0 Å². The van der Waals surface area contributed by atoms with Gasteiger partial charge in [-0.2, -0.15) is 0 Å². The molecular formula is C13H13BrClNO4. The molecule has 2 atom stereocenters. The zero-order valence-corrected chi connectivity index (χ0v) is 13.0. The maximum absolute atomic E-state index is 12.5. The largest absolute Gasteiger partial charge is 0.479 e. The van der Waals surface area contributed by atoms with E-state index >= 15 is 0 Å². The van der Waals surface area contributed by atoms with Crippen molar-refractivity contribution in [1.29, 1.82) is 0 Å². The summed E-state index contributed by atoms with van der Waals surface area (Å²) in [5.74, 6) is -1.37. The number of morpholine rings is 1. The van der Waals surface area contributed by atoms with E-state index < -0.39 is 12.1 Å². The number of ether oxygens (including phenoxy) is 1. The van der Waals surface area contributed by atoms with Crippen molar-refractivity contribution >= 4 is 39.4 Å². The van der Waals surface area contributed by atoms with E-state index in [9.17, 15) is 9.59 Å². The minimum Gasteiger partial charge on any atom is -0.479 e. The van der Waals surface area contributed by atoms with Crippen LogP contribution in [0.4, 0.5) is 0 Å². The number of carboxylic acids is 1. The van der Waals surface area contributed by atoms with Crippen molar-refractivity contribution in [3.63, 3.8) is 0 Å². The second-order valence-corrected chi connectivity index (χ2v) is 5.93. The van der Waals surface area contributed by atoms with Gasteiger partial charge in [0.1, 0.15) is 0 Å². The van der Waals surface area contributed by atoms with E-state index in [0.29, 0.717) is 17.1 Å². The summed E-state index contributed by atoms with van der Waals surface area (Å²) in [6.45, 7) is 2.09. The van der Waals surface area contributed by atoms with Crippen molar-refractivity contribution in [3.8, 4) is 0 Å². The molecule has 0 aliphatic carbocycles. The Labute approximate surface area is 129 Å². The minimum absolute atomic E-state index is 0.0152. The second kappa shape index (κ2) is 6.11. The molecule has 0 radical (unpaired) electrons. The molecule has 1 aromatic carbocycles. The van der Waals surface area contributed by atoms with E-state index in [1.165, 1.54) is 4.90 Å². The zero-order chi connectivity index (χ0) is 14.9. The molecule has 0 bridgehead atoms. The molecule has 1 aliphatic rings. The molecule has 1 N–H and O–H groups in total. The number of rotatable bonds is 2. The molecule has 1 heterocycles. The Morgan fingerprint density at radius 3 is 2.80 bits per heavy atom. The molecule has 1 unspecified atom stereocenters. The van der Waals surface area contributed by atoms with Gasteiger partial charge in [-0.3, -0.25) is 4.79 Å². The number of benzene rings is 1. The van der Waals surface area contributed by atoms with Crippen molar-refractivity contribution in [3.05, 3.63) is 33.3 Å². The Balaban J connectivity index is 2.23. The highest BCUT2D eigenvalue weighted by Crippen LogP contribution is 2.24. The molecule has 7 heteroatoms. The van der Waals surface area contributed by atoms with Gasteiger partial charge in [0.25, 0.3) is 5.91 Å². The summed E-state index contributed by atoms with van der Waals surface area (Å²) >= 11 is 9.32. The minimum atomic E-state index is -1.07. The quantitative estimate of drug-likeness (QED) is 0.877. The first-order valence-electron chi connectivity index (χ1n) is 6.01. The van der Waals surface area contributed by atoms with Crippen LogP contribution in [0.1, 0.15) is 17.3 Å². The number of amides is 1. The van der Waals surface area contributed by atoms with Crippen molar-refractivity contribution in [2.75, 3.05) is 13.1 Å². The lowest BCUT2D eigenvalue weighted by Gasteiger charge is -2.35. The summed E-state index contributed by atoms with van der Waals surface area (Å²) in [5.41, 5.74) is 0.347. The average Bonchev–Trinajstić information content (AvgIpc) is 2.40. The predicted octanol–water partition coefficient (Wildman–Crippen LogP) is 2.42. The molecule has 0 spiro atoms. The normalized spacial score (nSPS) is 22.6. The van der Waals surface area contributed by atoms with Crippen molar-refractivity contribution in [2.24, 2.45) is 0 Å². The van der Waals surface area contributed by atoms with Gasteiger partial charge < -0.3 is 14.7 Å². The van der Waals surface area contributed by atoms with Crippen LogP contribution in [0.25, 0.3) is 0 Å². The predicted molar refractivity (Wildman–Crippen MR) is 77.0 cm³/mol. The number of carbonyl (C=O) groups is 2. The van der Waals surface area contributed by atoms with Gasteiger partial charge in [-0.15, -0.1) is 0 Å². The van der Waals surface area contributed by atoms with Crippen LogP contribution in [0.2, 0.25) is 5.02 Å². The van der Waals surface area contributed by atoms with Crippen LogP contribution in [0.3, 0.4) is 0 Å². The molecule has 1 saturated heterocycles. The lowest BCUT2D eigenvalue weighted by molar-refractivity contribution is -0.160. The van der Waals surface area contributed by atoms with Crippen molar-refractivity contribution in [2.45, 2.75) is 19.1 Å². The van der Waals surface area contributed by atoms with Crippen LogP contribution in [0.15, 0.2) is 22.7 Å². The number of carbonyl (C=O) groups excluding carboxylic acids is 1. The van der Waals surface area contributed by atoms with E-state index in [2.05, 4.69) is 15.9 Å². The summed E-state index contributed by atoms with van der Waals surface area (Å²) in [7, 11) is 0. The van der Waals surface area contributed by atoms with Gasteiger partial charge in [-0.05, 0) is 25.1 Å². The molecule has 5 nitrogen and oxygen atoms in total. The summed E-state index contributed by atoms with van der Waals surface area (Å²) in [5, 5.41) is 9.37. The third kappa shape index (κ3) is 3.31. The van der Waals surface area contributed by atoms with Gasteiger partial charge in [0, 0.05) is 11.0 Å². The molecular weight excluding hydrogens is 350 g/mol. The van der Waals surface area contributed by atoms with Gasteiger partial charge in [0.2, 0.25) is 0 Å². The number of aliphatic carboxylic acids is 1. The van der Waals surface area contributed by atoms with Crippen LogP contribution < -0.4 is 0 Å². The van der Waals surface area contributed by atoms with Gasteiger partial charge in [0.15, 0.2) is 6.10 Å². The third-order valence-electron chi connectivity index (χ3n) is 2.98. The first-order valence-corrected chi connectivity index (χ1v) is 7.18. The summed E-state index contributed by atoms with van der Waals surface area (Å²) < 4.78 is 6.02. The Morgan fingerprint density at radius 1 is 1.45 bits per heavy atom. The molecule has 108 valence electrons. The fraction of sp³-hybridized carbons (Fsp3) is 0.385. The zero-order valence-electron chi connectivity index (χ0n) is 10.7. The molecule has 0 saturated carbocycles. The van der Waals surface area contributed by atoms with E-state index in [1.807, 2.05) is 0 Å². The summed E-state index contributed by atoms with van der Waals surface area (Å²) in [6.07, 6.45) is -1.34. The highest BCUT2D eigenvalue weighted by atomic mass is 79.9. The van der Waals surface area contributed by atoms with E-state index in [-0.39, 0.29) is 18.6 Å². The molecule has 20 heavy (non-hydrogen) atoms. The van der Waals surface area contributed by atoms with Crippen LogP contribution in [-0.4, -0.2) is 47.2 Å². The number of hydrogen-bond donors (Lipinski definition) is 1. The average molecular weight is 363 g/mol. The van der Waals surface area contributed by atoms with Gasteiger partial charge >= 0.3 is 5.97 Å². The number of carboxylic acid groups (broad SMARTS) is 1. The Kier molecular flexibility index (Phi) is 4.67. The summed E-state index contributed by atoms with van der Waals surface area (Å²) in [4.78, 5) is 24.9. The molecule has 0 aromatic heterocycles. The number of hydrogen-bond acceptors (Lipinski definition) is 3. The standard InChI is InChI=1S/C13H13BrClNO4/c1-7-5-16(6-11(20-7)13(18)19)12(17)9-4-8(14)2-3-10(9)15/h2-4,7,11H,5-6H2,1H3,(H,18,19)/t7-,11?/m1/s1. The maximum atomic E-state index is 12.5. The van der Waals surface area contributed by atoms with Gasteiger partial charge in [0.05, 0.1) is 23.2 Å². The fourth-order valence-electron chi connectivity index (χ4n) is 2.09. The third-order valence-corrected chi connectivity index (χ3v) is 3.80. The van der Waals surface area contributed by atoms with Crippen molar-refractivity contribution < 1.29 is 19.4 Å². The topological polar surface area (TPSA) is 66.8 Å². The molecule has 1 amide bonds. The molecule has 1 fully saturated rings. The Morgan fingerprint density at radius 2 is 2.15 bits per heavy atom. The van der Waals surface area contributed by atoms with Crippen LogP contribution in [-0.2, 0) is 9.53 Å². The van der Waals surface area contributed by atoms with Crippen LogP contribution in [0, 0.1) is 0 Å². The highest BCUT2D eigenvalue weighted by molar-refractivity contribution is 9.10. The SMILES string of the molecule is C[C@@H]1CN(C(=O)c2cc(Br)ccc2Cl)CC(C(=O)O)O1. The first-order chi connectivity index (χ1) is 9.38. The molecule has 2 rings (SSSR count). The van der Waals surface area contributed by atoms with Crippen LogP contribution >= 0.6 is 27.5 Å². The lowest BCUT2D eigenvalue weighted by atomic mass is 10.1. The Bertz CT molecular complexity index is 551. The maximum Gasteiger partial charge on any atom is 0.334 e. The highest BCUT2D eigenvalue weighted by Gasteiger charge is 2.33. The van der Waals surface area contributed by atoms with E-state index in [0.717, 1.165) is 4.47 Å². The number of halogens is 2. The lowest BCUT2D eigenvalue weighted by Crippen LogP contribution is -2.51. The van der Waals surface area contributed by atoms with E-state index in [1.54, 1.807) is 25.1 Å². The molecule has 1 aromatic rings. The smallest absolute Gasteiger partial charge is 0.334 e. The first kappa shape index (κ1) is 15.3. The van der Waals surface area contributed by atoms with Crippen molar-refractivity contribution in [1.82, 2.24) is 4.90 Å². The summed E-state index contributed by atoms with van der Waals surface area (Å²) in [6, 6.07) is 4.99. The monoisotopic (exact) mass is 361 g/mol. The molecule has 1 aliphatic heterocycles. The number of nitrogens with zero attached hydrogens (tertiary/aromatic N) is 1. The second-order valence-electron chi connectivity index (χ2n) is 4.61. The fourth-order valence-corrected chi connectivity index (χ4v) is 2.64. The van der Waals surface area contributed by atoms with Gasteiger partial charge in [-0.1, -0.05) is 27.5 Å².